The molecule has 0 bridgehead atoms. The zero-order chi connectivity index (χ0) is 31.2. The molecule has 0 amide bonds. The number of rotatable bonds is 6. The Hall–Kier alpha value is -1.73. The van der Waals surface area contributed by atoms with Gasteiger partial charge in [-0.1, -0.05) is 0 Å². The normalized spacial score (nSPS) is 13.8. The van der Waals surface area contributed by atoms with Crippen molar-refractivity contribution in [2.24, 2.45) is 0 Å². The minimum absolute atomic E-state index is 0. The van der Waals surface area contributed by atoms with E-state index in [1.807, 2.05) is 24.3 Å². The van der Waals surface area contributed by atoms with Gasteiger partial charge in [-0.05, 0) is 0 Å². The van der Waals surface area contributed by atoms with Crippen molar-refractivity contribution < 1.29 is 21.3 Å². The Labute approximate surface area is 306 Å². The van der Waals surface area contributed by atoms with Crippen LogP contribution in [0.5, 0.6) is 0 Å². The smallest absolute Gasteiger partial charge is 0.147 e. The van der Waals surface area contributed by atoms with E-state index in [4.69, 9.17) is 23.2 Å². The Morgan fingerprint density at radius 1 is 0.652 bits per heavy atom. The van der Waals surface area contributed by atoms with Gasteiger partial charge in [-0.3, -0.25) is 0 Å². The van der Waals surface area contributed by atoms with Gasteiger partial charge in [0.05, 0.1) is 0 Å². The van der Waals surface area contributed by atoms with Crippen LogP contribution in [0.25, 0.3) is 11.1 Å². The number of halogens is 4. The molecule has 4 aromatic carbocycles. The minimum atomic E-state index is -2.59. The molecule has 5 heteroatoms. The summed E-state index contributed by atoms with van der Waals surface area (Å²) in [6.07, 6.45) is 10.1. The summed E-state index contributed by atoms with van der Waals surface area (Å²) >= 11 is 10.1. The first-order valence-electron chi connectivity index (χ1n) is 15.7. The molecule has 0 atom stereocenters. The van der Waals surface area contributed by atoms with E-state index in [2.05, 4.69) is 120 Å². The summed E-state index contributed by atoms with van der Waals surface area (Å²) in [5.74, 6) is 0. The maximum atomic E-state index is 6.34. The van der Waals surface area contributed by atoms with Gasteiger partial charge in [-0.15, -0.1) is 24.8 Å². The van der Waals surface area contributed by atoms with Gasteiger partial charge in [0.25, 0.3) is 0 Å². The predicted octanol–water partition coefficient (Wildman–Crippen LogP) is 12.6. The maximum Gasteiger partial charge on any atom is -0.147 e. The molecule has 0 heterocycles. The molecule has 0 saturated carbocycles. The topological polar surface area (TPSA) is 0 Å². The van der Waals surface area contributed by atoms with Crippen LogP contribution in [0, 0.1) is 0 Å². The summed E-state index contributed by atoms with van der Waals surface area (Å²) in [6, 6.07) is 31.8. The molecule has 0 aliphatic heterocycles. The maximum absolute atomic E-state index is 6.34. The number of hydrogen-bond donors (Lipinski definition) is 0. The summed E-state index contributed by atoms with van der Waals surface area (Å²) in [4.78, 5) is 0. The summed E-state index contributed by atoms with van der Waals surface area (Å²) in [5.41, 5.74) is 11.6. The van der Waals surface area contributed by atoms with E-state index in [1.165, 1.54) is 44.5 Å². The summed E-state index contributed by atoms with van der Waals surface area (Å²) < 4.78 is 3.84. The van der Waals surface area contributed by atoms with Gasteiger partial charge in [0.2, 0.25) is 0 Å². The van der Waals surface area contributed by atoms with Crippen molar-refractivity contribution in [3.8, 4) is 11.1 Å². The molecule has 0 spiro atoms. The van der Waals surface area contributed by atoms with Gasteiger partial charge in [0.15, 0.2) is 0 Å². The average Bonchev–Trinajstić information content (AvgIpc) is 3.61. The Kier molecular flexibility index (Phi) is 11.9. The Bertz CT molecular complexity index is 1680. The third kappa shape index (κ3) is 7.93. The number of benzene rings is 4. The third-order valence-electron chi connectivity index (χ3n) is 9.20. The third-order valence-corrected chi connectivity index (χ3v) is 18.0. The van der Waals surface area contributed by atoms with Crippen molar-refractivity contribution in [1.29, 1.82) is 0 Å². The van der Waals surface area contributed by atoms with Crippen molar-refractivity contribution in [3.05, 3.63) is 150 Å². The van der Waals surface area contributed by atoms with Crippen molar-refractivity contribution in [1.82, 2.24) is 0 Å². The average molecular weight is 770 g/mol. The van der Waals surface area contributed by atoms with Crippen LogP contribution >= 0.6 is 48.0 Å². The summed E-state index contributed by atoms with van der Waals surface area (Å²) in [7, 11) is 0. The molecule has 0 nitrogen and oxygen atoms in total. The van der Waals surface area contributed by atoms with Crippen LogP contribution in [-0.4, -0.2) is 3.21 Å². The fourth-order valence-corrected chi connectivity index (χ4v) is 16.2. The van der Waals surface area contributed by atoms with Gasteiger partial charge < -0.3 is 0 Å². The van der Waals surface area contributed by atoms with Crippen LogP contribution in [0.1, 0.15) is 85.0 Å². The van der Waals surface area contributed by atoms with E-state index in [9.17, 15) is 0 Å². The molecule has 46 heavy (non-hydrogen) atoms. The second-order valence-corrected chi connectivity index (χ2v) is 22.1. The minimum Gasteiger partial charge on any atom is -0.147 e. The van der Waals surface area contributed by atoms with E-state index in [0.717, 1.165) is 29.3 Å². The van der Waals surface area contributed by atoms with Crippen LogP contribution in [-0.2, 0) is 44.9 Å². The summed E-state index contributed by atoms with van der Waals surface area (Å²) in [6.45, 7) is 14.0. The van der Waals surface area contributed by atoms with Gasteiger partial charge in [0.1, 0.15) is 0 Å². The summed E-state index contributed by atoms with van der Waals surface area (Å²) in [5, 5.41) is 1.58. The Balaban J connectivity index is 0.00000240. The van der Waals surface area contributed by atoms with Crippen LogP contribution in [0.3, 0.4) is 0 Å². The van der Waals surface area contributed by atoms with Crippen LogP contribution in [0.4, 0.5) is 0 Å². The number of fused-ring (bicyclic) bond motifs is 3. The van der Waals surface area contributed by atoms with E-state index in [1.54, 1.807) is 6.49 Å². The molecular formula is C41H44Cl4Zr. The van der Waals surface area contributed by atoms with E-state index < -0.39 is 21.3 Å². The SMILES string of the molecule is CC(C)(C)c1ccc2c(c1)-c1cc(C(C)(C)C)ccc1[CH]2[Zr]([C]1=CC=CC1)=[C](Cc1ccc(Cl)cc1)Cc1ccc(Cl)cc1.Cl.Cl. The second kappa shape index (κ2) is 14.8. The van der Waals surface area contributed by atoms with Crippen molar-refractivity contribution in [3.63, 3.8) is 0 Å². The largest absolute Gasteiger partial charge is 0.147 e. The fourth-order valence-electron chi connectivity index (χ4n) is 6.71. The molecule has 6 rings (SSSR count). The molecule has 0 radical (unpaired) electrons. The molecule has 2 aliphatic carbocycles. The quantitative estimate of drug-likeness (QED) is 0.183. The molecule has 0 unspecified atom stereocenters. The van der Waals surface area contributed by atoms with E-state index in [0.29, 0.717) is 3.63 Å². The molecule has 240 valence electrons. The molecule has 0 N–H and O–H groups in total. The van der Waals surface area contributed by atoms with Crippen molar-refractivity contribution >= 4 is 51.2 Å². The zero-order valence-corrected chi connectivity index (χ0v) is 33.2. The molecule has 0 aromatic heterocycles. The predicted molar refractivity (Wildman–Crippen MR) is 203 cm³/mol. The van der Waals surface area contributed by atoms with E-state index in [-0.39, 0.29) is 35.6 Å². The van der Waals surface area contributed by atoms with Gasteiger partial charge in [-0.2, -0.15) is 0 Å². The number of hydrogen-bond acceptors (Lipinski definition) is 0. The van der Waals surface area contributed by atoms with Gasteiger partial charge in [-0.25, -0.2) is 0 Å². The first-order valence-corrected chi connectivity index (χ1v) is 20.4. The monoisotopic (exact) mass is 766 g/mol. The van der Waals surface area contributed by atoms with Gasteiger partial charge >= 0.3 is 284 Å². The molecule has 0 saturated heterocycles. The second-order valence-electron chi connectivity index (χ2n) is 14.5. The van der Waals surface area contributed by atoms with Crippen molar-refractivity contribution in [2.75, 3.05) is 0 Å². The molecule has 0 fully saturated rings. The molecular weight excluding hydrogens is 725 g/mol. The van der Waals surface area contributed by atoms with Crippen LogP contribution < -0.4 is 0 Å². The van der Waals surface area contributed by atoms with Crippen molar-refractivity contribution in [2.45, 2.75) is 75.3 Å². The van der Waals surface area contributed by atoms with E-state index >= 15 is 0 Å². The Morgan fingerprint density at radius 2 is 1.09 bits per heavy atom. The molecule has 2 aliphatic rings. The molecule has 4 aromatic rings. The van der Waals surface area contributed by atoms with Crippen LogP contribution in [0.2, 0.25) is 10.0 Å². The number of allylic oxidation sites excluding steroid dienone is 4. The first-order chi connectivity index (χ1) is 20.9. The zero-order valence-electron chi connectivity index (χ0n) is 27.6. The first kappa shape index (κ1) is 37.1. The van der Waals surface area contributed by atoms with Crippen LogP contribution in [0.15, 0.2) is 106 Å². The Morgan fingerprint density at radius 3 is 1.46 bits per heavy atom. The fraction of sp³-hybridized carbons (Fsp3) is 0.293. The standard InChI is InChI=1S/C21H25.C15H12Cl2.C5H5.2ClH.Zr/c1-20(2,3)16-9-7-14-11-15-8-10-17(21(4,5)6)13-19(15)18(14)12-16;16-14-8-4-12(5-9-14)2-1-3-13-6-10-15(17)11-7-13;1-2-4-5-3-1;;;/h7-13H,1-6H3;4-11H,2-3H2;1-3H,4H2;2*1H;. The van der Waals surface area contributed by atoms with Gasteiger partial charge in [0, 0.05) is 0 Å².